The average Bonchev–Trinajstić information content (AvgIpc) is 3.36. The summed E-state index contributed by atoms with van der Waals surface area (Å²) in [6.45, 7) is 2.94. The molecule has 30 heavy (non-hydrogen) atoms. The molecule has 0 aliphatic carbocycles. The molecule has 2 aliphatic heterocycles. The monoisotopic (exact) mass is 409 g/mol. The summed E-state index contributed by atoms with van der Waals surface area (Å²) in [6, 6.07) is 8.78. The number of unbranched alkanes of at least 4 members (excludes halogenated alkanes) is 1. The maximum absolute atomic E-state index is 12.5. The van der Waals surface area contributed by atoms with Gasteiger partial charge in [0.1, 0.15) is 18.9 Å². The molecule has 9 nitrogen and oxygen atoms in total. The fourth-order valence-corrected chi connectivity index (χ4v) is 4.20. The van der Waals surface area contributed by atoms with Gasteiger partial charge < -0.3 is 14.8 Å². The van der Waals surface area contributed by atoms with Crippen LogP contribution in [0.25, 0.3) is 11.2 Å². The summed E-state index contributed by atoms with van der Waals surface area (Å²) < 4.78 is 15.6. The van der Waals surface area contributed by atoms with Crippen molar-refractivity contribution in [3.63, 3.8) is 0 Å². The molecule has 3 atom stereocenters. The predicted molar refractivity (Wildman–Crippen MR) is 109 cm³/mol. The molecule has 0 spiro atoms. The van der Waals surface area contributed by atoms with Crippen molar-refractivity contribution in [1.29, 1.82) is 0 Å². The summed E-state index contributed by atoms with van der Waals surface area (Å²) in [7, 11) is 0. The second kappa shape index (κ2) is 7.56. The quantitative estimate of drug-likeness (QED) is 0.473. The van der Waals surface area contributed by atoms with Crippen LogP contribution in [0.15, 0.2) is 41.5 Å². The molecule has 2 aliphatic rings. The van der Waals surface area contributed by atoms with Gasteiger partial charge in [0.15, 0.2) is 11.2 Å². The Balaban J connectivity index is 1.44. The van der Waals surface area contributed by atoms with Gasteiger partial charge in [-0.1, -0.05) is 31.5 Å². The molecule has 2 aromatic heterocycles. The maximum atomic E-state index is 12.5. The van der Waals surface area contributed by atoms with Crippen molar-refractivity contribution in [3.8, 4) is 0 Å². The zero-order valence-electron chi connectivity index (χ0n) is 16.7. The third-order valence-electron chi connectivity index (χ3n) is 5.68. The average molecular weight is 409 g/mol. The molecule has 2 bridgehead atoms. The number of rotatable bonds is 7. The standard InChI is InChI=1S/C21H23N5O4/c1-2-3-9-22-21-24-18(27)17-19-25(12-23-17)16-10-14(26(19)21)15(30-16)11-29-20(28)13-7-5-4-6-8-13/h4-8,12,14-16H,2-3,9-11H2,1H3,(H,22,24,27)/t14?,15-,16-/m1/s1. The van der Waals surface area contributed by atoms with Crippen LogP contribution in [0.5, 0.6) is 0 Å². The highest BCUT2D eigenvalue weighted by Gasteiger charge is 2.44. The summed E-state index contributed by atoms with van der Waals surface area (Å²) in [4.78, 5) is 33.3. The number of esters is 1. The van der Waals surface area contributed by atoms with E-state index in [0.717, 1.165) is 12.8 Å². The van der Waals surface area contributed by atoms with Crippen LogP contribution in [-0.2, 0) is 9.47 Å². The molecule has 1 fully saturated rings. The van der Waals surface area contributed by atoms with Crippen LogP contribution in [0.1, 0.15) is 48.8 Å². The number of fused-ring (bicyclic) bond motifs is 4. The molecule has 0 radical (unpaired) electrons. The Morgan fingerprint density at radius 1 is 1.33 bits per heavy atom. The molecule has 3 aromatic rings. The van der Waals surface area contributed by atoms with Crippen molar-refractivity contribution in [2.24, 2.45) is 0 Å². The fraction of sp³-hybridized carbons (Fsp3) is 0.429. The minimum Gasteiger partial charge on any atom is -0.459 e. The van der Waals surface area contributed by atoms with Gasteiger partial charge in [-0.2, -0.15) is 4.98 Å². The van der Waals surface area contributed by atoms with Gasteiger partial charge in [0.2, 0.25) is 5.95 Å². The van der Waals surface area contributed by atoms with Crippen LogP contribution >= 0.6 is 0 Å². The Labute approximate surface area is 172 Å². The molecule has 1 saturated heterocycles. The zero-order chi connectivity index (χ0) is 20.7. The number of carbonyl (C=O) groups excluding carboxylic acids is 1. The first-order chi connectivity index (χ1) is 14.7. The smallest absolute Gasteiger partial charge is 0.338 e. The third kappa shape index (κ3) is 3.06. The van der Waals surface area contributed by atoms with E-state index in [1.165, 1.54) is 0 Å². The summed E-state index contributed by atoms with van der Waals surface area (Å²) in [5.74, 6) is 0.127. The van der Waals surface area contributed by atoms with Crippen LogP contribution in [0.3, 0.4) is 0 Å². The third-order valence-corrected chi connectivity index (χ3v) is 5.68. The van der Waals surface area contributed by atoms with E-state index in [1.54, 1.807) is 30.6 Å². The summed E-state index contributed by atoms with van der Waals surface area (Å²) in [6.07, 6.45) is 3.73. The molecule has 9 heteroatoms. The number of hydrogen-bond donors (Lipinski definition) is 1. The van der Waals surface area contributed by atoms with E-state index in [9.17, 15) is 9.59 Å². The van der Waals surface area contributed by atoms with Crippen molar-refractivity contribution in [1.82, 2.24) is 19.1 Å². The molecule has 0 saturated carbocycles. The topological polar surface area (TPSA) is 100 Å². The highest BCUT2D eigenvalue weighted by atomic mass is 16.6. The molecule has 1 unspecified atom stereocenters. The number of nitrogens with zero attached hydrogens (tertiary/aromatic N) is 4. The Bertz CT molecular complexity index is 1140. The lowest BCUT2D eigenvalue weighted by molar-refractivity contribution is -0.0331. The molecule has 156 valence electrons. The Morgan fingerprint density at radius 3 is 2.97 bits per heavy atom. The lowest BCUT2D eigenvalue weighted by Crippen LogP contribution is -2.31. The van der Waals surface area contributed by atoms with Gasteiger partial charge in [-0.15, -0.1) is 0 Å². The van der Waals surface area contributed by atoms with Gasteiger partial charge in [-0.25, -0.2) is 9.78 Å². The minimum atomic E-state index is -0.383. The molecular weight excluding hydrogens is 386 g/mol. The summed E-state index contributed by atoms with van der Waals surface area (Å²) in [5.41, 5.74) is 1.18. The van der Waals surface area contributed by atoms with Crippen molar-refractivity contribution >= 4 is 23.1 Å². The van der Waals surface area contributed by atoms with E-state index >= 15 is 0 Å². The van der Waals surface area contributed by atoms with Gasteiger partial charge >= 0.3 is 11.5 Å². The number of carbonyl (C=O) groups is 1. The molecular formula is C21H23N5O4. The molecule has 1 aromatic carbocycles. The van der Waals surface area contributed by atoms with Gasteiger partial charge in [0.05, 0.1) is 17.9 Å². The van der Waals surface area contributed by atoms with Gasteiger partial charge in [-0.3, -0.25) is 13.9 Å². The summed E-state index contributed by atoms with van der Waals surface area (Å²) in [5, 5.41) is 3.29. The SMILES string of the molecule is CCCCNc1nc(=O)c2ncn3c2n1C1C[C@H]3O[C@@H]1COC(=O)c1ccccc1. The van der Waals surface area contributed by atoms with E-state index < -0.39 is 0 Å². The van der Waals surface area contributed by atoms with Crippen molar-refractivity contribution in [2.45, 2.75) is 44.6 Å². The van der Waals surface area contributed by atoms with Crippen LogP contribution in [-0.4, -0.2) is 44.3 Å². The number of aromatic nitrogens is 4. The minimum absolute atomic E-state index is 0.109. The Morgan fingerprint density at radius 2 is 2.17 bits per heavy atom. The lowest BCUT2D eigenvalue weighted by Gasteiger charge is -2.26. The predicted octanol–water partition coefficient (Wildman–Crippen LogP) is 2.50. The summed E-state index contributed by atoms with van der Waals surface area (Å²) >= 11 is 0. The molecule has 1 N–H and O–H groups in total. The number of benzene rings is 1. The highest BCUT2D eigenvalue weighted by molar-refractivity contribution is 5.89. The van der Waals surface area contributed by atoms with E-state index in [0.29, 0.717) is 35.6 Å². The largest absolute Gasteiger partial charge is 0.459 e. The normalized spacial score (nSPS) is 21.7. The van der Waals surface area contributed by atoms with E-state index in [4.69, 9.17) is 9.47 Å². The van der Waals surface area contributed by atoms with E-state index in [2.05, 4.69) is 22.2 Å². The lowest BCUT2D eigenvalue weighted by atomic mass is 10.1. The Kier molecular flexibility index (Phi) is 4.74. The number of imidazole rings is 1. The molecule has 5 rings (SSSR count). The van der Waals surface area contributed by atoms with Crippen molar-refractivity contribution in [3.05, 3.63) is 52.6 Å². The second-order valence-electron chi connectivity index (χ2n) is 7.61. The highest BCUT2D eigenvalue weighted by Crippen LogP contribution is 2.44. The number of nitrogens with one attached hydrogen (secondary N) is 1. The zero-order valence-corrected chi connectivity index (χ0v) is 16.7. The van der Waals surface area contributed by atoms with Crippen molar-refractivity contribution < 1.29 is 14.3 Å². The number of ether oxygens (including phenoxy) is 2. The van der Waals surface area contributed by atoms with Crippen LogP contribution in [0.4, 0.5) is 5.95 Å². The second-order valence-corrected chi connectivity index (χ2v) is 7.61. The van der Waals surface area contributed by atoms with E-state index in [1.807, 2.05) is 15.2 Å². The van der Waals surface area contributed by atoms with Gasteiger partial charge in [-0.05, 0) is 18.6 Å². The van der Waals surface area contributed by atoms with E-state index in [-0.39, 0.29) is 36.5 Å². The van der Waals surface area contributed by atoms with Crippen LogP contribution in [0.2, 0.25) is 0 Å². The molecule has 4 heterocycles. The van der Waals surface area contributed by atoms with Crippen molar-refractivity contribution in [2.75, 3.05) is 18.5 Å². The number of anilines is 1. The first-order valence-electron chi connectivity index (χ1n) is 10.3. The van der Waals surface area contributed by atoms with Gasteiger partial charge in [0.25, 0.3) is 0 Å². The van der Waals surface area contributed by atoms with Crippen LogP contribution < -0.4 is 10.9 Å². The first-order valence-corrected chi connectivity index (χ1v) is 10.3. The first kappa shape index (κ1) is 18.8. The fourth-order valence-electron chi connectivity index (χ4n) is 4.20. The van der Waals surface area contributed by atoms with Gasteiger partial charge in [0, 0.05) is 13.0 Å². The molecule has 0 amide bonds. The van der Waals surface area contributed by atoms with Crippen LogP contribution in [0, 0.1) is 0 Å². The number of hydrogen-bond acceptors (Lipinski definition) is 7. The maximum Gasteiger partial charge on any atom is 0.338 e. The Hall–Kier alpha value is -3.20.